The molecule has 0 saturated carbocycles. The number of hydrogen-bond acceptors (Lipinski definition) is 4. The fraction of sp³-hybridized carbons (Fsp3) is 0.263. The lowest BCUT2D eigenvalue weighted by molar-refractivity contribution is -0.150. The van der Waals surface area contributed by atoms with Gasteiger partial charge in [-0.15, -0.1) is 0 Å². The Balaban J connectivity index is 2.05. The monoisotopic (exact) mass is 360 g/mol. The van der Waals surface area contributed by atoms with E-state index in [1.165, 1.54) is 13.2 Å². The summed E-state index contributed by atoms with van der Waals surface area (Å²) >= 11 is 0. The standard InChI is InChI=1S/C19H18F2N2O3/c1-10-13-6-7-23(9-12-4-5-14(20)15(21)8-12)18(13)22-11(2)16(10)17(24)19(25)26-3/h4-8,17,24H,9H2,1-3H3. The lowest BCUT2D eigenvalue weighted by atomic mass is 10.00. The fourth-order valence-electron chi connectivity index (χ4n) is 3.11. The topological polar surface area (TPSA) is 64.3 Å². The van der Waals surface area contributed by atoms with Crippen LogP contribution in [0, 0.1) is 25.5 Å². The summed E-state index contributed by atoms with van der Waals surface area (Å²) in [6.45, 7) is 3.80. The lowest BCUT2D eigenvalue weighted by Crippen LogP contribution is -2.17. The van der Waals surface area contributed by atoms with E-state index in [-0.39, 0.29) is 0 Å². The van der Waals surface area contributed by atoms with Gasteiger partial charge in [0.05, 0.1) is 7.11 Å². The van der Waals surface area contributed by atoms with Crippen molar-refractivity contribution in [2.45, 2.75) is 26.5 Å². The van der Waals surface area contributed by atoms with Crippen molar-refractivity contribution < 1.29 is 23.4 Å². The first kappa shape index (κ1) is 18.0. The highest BCUT2D eigenvalue weighted by atomic mass is 19.2. The maximum atomic E-state index is 13.4. The highest BCUT2D eigenvalue weighted by Gasteiger charge is 2.25. The smallest absolute Gasteiger partial charge is 0.339 e. The second-order valence-electron chi connectivity index (χ2n) is 6.09. The summed E-state index contributed by atoms with van der Waals surface area (Å²) in [5.41, 5.74) is 2.85. The Morgan fingerprint density at radius 1 is 1.27 bits per heavy atom. The summed E-state index contributed by atoms with van der Waals surface area (Å²) in [6.07, 6.45) is 0.367. The Kier molecular flexibility index (Phi) is 4.73. The second-order valence-corrected chi connectivity index (χ2v) is 6.09. The third-order valence-electron chi connectivity index (χ3n) is 4.44. The van der Waals surface area contributed by atoms with E-state index >= 15 is 0 Å². The fourth-order valence-corrected chi connectivity index (χ4v) is 3.11. The van der Waals surface area contributed by atoms with Crippen molar-refractivity contribution in [2.24, 2.45) is 0 Å². The molecule has 3 rings (SSSR count). The van der Waals surface area contributed by atoms with E-state index in [4.69, 9.17) is 0 Å². The summed E-state index contributed by atoms with van der Waals surface area (Å²) < 4.78 is 32.9. The van der Waals surface area contributed by atoms with Crippen LogP contribution in [0.3, 0.4) is 0 Å². The predicted octanol–water partition coefficient (Wildman–Crippen LogP) is 3.19. The predicted molar refractivity (Wildman–Crippen MR) is 91.6 cm³/mol. The van der Waals surface area contributed by atoms with E-state index in [2.05, 4.69) is 9.72 Å². The SMILES string of the molecule is COC(=O)C(O)c1c(C)nc2c(ccn2Cc2ccc(F)c(F)c2)c1C. The molecule has 0 bridgehead atoms. The minimum absolute atomic E-state index is 0.311. The van der Waals surface area contributed by atoms with Crippen molar-refractivity contribution in [3.8, 4) is 0 Å². The molecule has 3 aromatic rings. The molecule has 2 aromatic heterocycles. The number of aliphatic hydroxyl groups is 1. The number of aromatic nitrogens is 2. The average Bonchev–Trinajstić information content (AvgIpc) is 3.00. The van der Waals surface area contributed by atoms with Crippen LogP contribution in [-0.4, -0.2) is 27.7 Å². The zero-order chi connectivity index (χ0) is 19.0. The molecule has 136 valence electrons. The van der Waals surface area contributed by atoms with Crippen molar-refractivity contribution in [1.29, 1.82) is 0 Å². The average molecular weight is 360 g/mol. The van der Waals surface area contributed by atoms with Crippen LogP contribution < -0.4 is 0 Å². The highest BCUT2D eigenvalue weighted by molar-refractivity contribution is 5.85. The molecule has 1 unspecified atom stereocenters. The number of aryl methyl sites for hydroxylation is 2. The van der Waals surface area contributed by atoms with Crippen LogP contribution in [-0.2, 0) is 16.1 Å². The van der Waals surface area contributed by atoms with Gasteiger partial charge in [-0.25, -0.2) is 18.6 Å². The molecule has 26 heavy (non-hydrogen) atoms. The number of ether oxygens (including phenoxy) is 1. The van der Waals surface area contributed by atoms with Gasteiger partial charge in [-0.05, 0) is 43.2 Å². The molecular formula is C19H18F2N2O3. The van der Waals surface area contributed by atoms with Gasteiger partial charge < -0.3 is 14.4 Å². The summed E-state index contributed by atoms with van der Waals surface area (Å²) in [7, 11) is 1.21. The molecule has 5 nitrogen and oxygen atoms in total. The van der Waals surface area contributed by atoms with Gasteiger partial charge in [0.2, 0.25) is 0 Å². The van der Waals surface area contributed by atoms with E-state index in [0.717, 1.165) is 23.1 Å². The van der Waals surface area contributed by atoms with Crippen LogP contribution in [0.1, 0.15) is 28.5 Å². The molecule has 7 heteroatoms. The number of esters is 1. The number of methoxy groups -OCH3 is 1. The van der Waals surface area contributed by atoms with E-state index in [1.807, 2.05) is 6.07 Å². The van der Waals surface area contributed by atoms with Crippen molar-refractivity contribution in [3.05, 3.63) is 64.5 Å². The first-order chi connectivity index (χ1) is 12.3. The Labute approximate surface area is 148 Å². The number of halogens is 2. The number of rotatable bonds is 4. The molecule has 0 spiro atoms. The Morgan fingerprint density at radius 3 is 2.65 bits per heavy atom. The van der Waals surface area contributed by atoms with E-state index in [1.54, 1.807) is 24.6 Å². The number of carbonyl (C=O) groups excluding carboxylic acids is 1. The van der Waals surface area contributed by atoms with Gasteiger partial charge in [-0.2, -0.15) is 0 Å². The number of pyridine rings is 1. The molecule has 2 heterocycles. The van der Waals surface area contributed by atoms with E-state index in [0.29, 0.717) is 29.0 Å². The van der Waals surface area contributed by atoms with Gasteiger partial charge in [0.15, 0.2) is 17.7 Å². The van der Waals surface area contributed by atoms with E-state index in [9.17, 15) is 18.7 Å². The molecule has 0 aliphatic heterocycles. The molecule has 1 atom stereocenters. The van der Waals surface area contributed by atoms with E-state index < -0.39 is 23.7 Å². The number of aliphatic hydroxyl groups excluding tert-OH is 1. The molecule has 1 N–H and O–H groups in total. The Morgan fingerprint density at radius 2 is 2.00 bits per heavy atom. The molecule has 0 amide bonds. The number of nitrogens with zero attached hydrogens (tertiary/aromatic N) is 2. The van der Waals surface area contributed by atoms with Crippen LogP contribution in [0.25, 0.3) is 11.0 Å². The van der Waals surface area contributed by atoms with Gasteiger partial charge >= 0.3 is 5.97 Å². The number of benzene rings is 1. The first-order valence-electron chi connectivity index (χ1n) is 7.99. The van der Waals surface area contributed by atoms with Crippen LogP contribution in [0.2, 0.25) is 0 Å². The minimum Gasteiger partial charge on any atom is -0.467 e. The largest absolute Gasteiger partial charge is 0.467 e. The van der Waals surface area contributed by atoms with Crippen LogP contribution >= 0.6 is 0 Å². The Hall–Kier alpha value is -2.80. The molecule has 0 radical (unpaired) electrons. The molecular weight excluding hydrogens is 342 g/mol. The van der Waals surface area contributed by atoms with Crippen molar-refractivity contribution >= 4 is 17.0 Å². The van der Waals surface area contributed by atoms with Gasteiger partial charge in [0, 0.05) is 29.4 Å². The Bertz CT molecular complexity index is 998. The van der Waals surface area contributed by atoms with Crippen molar-refractivity contribution in [2.75, 3.05) is 7.11 Å². The van der Waals surface area contributed by atoms with Gasteiger partial charge in [0.1, 0.15) is 5.65 Å². The van der Waals surface area contributed by atoms with Crippen molar-refractivity contribution in [3.63, 3.8) is 0 Å². The maximum Gasteiger partial charge on any atom is 0.339 e. The number of fused-ring (bicyclic) bond motifs is 1. The summed E-state index contributed by atoms with van der Waals surface area (Å²) in [4.78, 5) is 16.2. The van der Waals surface area contributed by atoms with Crippen LogP contribution in [0.4, 0.5) is 8.78 Å². The molecule has 0 aliphatic rings. The highest BCUT2D eigenvalue weighted by Crippen LogP contribution is 2.29. The summed E-state index contributed by atoms with van der Waals surface area (Å²) in [6, 6.07) is 5.56. The minimum atomic E-state index is -1.41. The van der Waals surface area contributed by atoms with Crippen molar-refractivity contribution in [1.82, 2.24) is 9.55 Å². The molecule has 0 fully saturated rings. The van der Waals surface area contributed by atoms with Crippen LogP contribution in [0.15, 0.2) is 30.5 Å². The molecule has 1 aromatic carbocycles. The number of carbonyl (C=O) groups is 1. The third kappa shape index (κ3) is 3.06. The zero-order valence-corrected chi connectivity index (χ0v) is 14.6. The molecule has 0 saturated heterocycles. The zero-order valence-electron chi connectivity index (χ0n) is 14.6. The number of hydrogen-bond donors (Lipinski definition) is 1. The first-order valence-corrected chi connectivity index (χ1v) is 7.99. The van der Waals surface area contributed by atoms with Crippen LogP contribution in [0.5, 0.6) is 0 Å². The maximum absolute atomic E-state index is 13.4. The lowest BCUT2D eigenvalue weighted by Gasteiger charge is -2.15. The quantitative estimate of drug-likeness (QED) is 0.726. The third-order valence-corrected chi connectivity index (χ3v) is 4.44. The van der Waals surface area contributed by atoms with Gasteiger partial charge in [0.25, 0.3) is 0 Å². The molecule has 0 aliphatic carbocycles. The summed E-state index contributed by atoms with van der Waals surface area (Å²) in [5.74, 6) is -2.54. The second kappa shape index (κ2) is 6.84. The van der Waals surface area contributed by atoms with Gasteiger partial charge in [-0.1, -0.05) is 6.07 Å². The summed E-state index contributed by atoms with van der Waals surface area (Å²) in [5, 5.41) is 11.0. The normalized spacial score (nSPS) is 12.4. The van der Waals surface area contributed by atoms with Gasteiger partial charge in [-0.3, -0.25) is 0 Å².